The lowest BCUT2D eigenvalue weighted by Gasteiger charge is -2.40. The third kappa shape index (κ3) is 3.58. The van der Waals surface area contributed by atoms with Crippen molar-refractivity contribution in [2.75, 3.05) is 6.54 Å². The van der Waals surface area contributed by atoms with Gasteiger partial charge in [0.1, 0.15) is 23.7 Å². The van der Waals surface area contributed by atoms with Crippen LogP contribution in [0.15, 0.2) is 29.3 Å². The first-order chi connectivity index (χ1) is 14.3. The van der Waals surface area contributed by atoms with Crippen LogP contribution in [0.4, 0.5) is 0 Å². The average Bonchev–Trinajstić information content (AvgIpc) is 3.45. The van der Waals surface area contributed by atoms with Gasteiger partial charge in [-0.25, -0.2) is 4.99 Å². The Bertz CT molecular complexity index is 898. The van der Waals surface area contributed by atoms with Crippen molar-refractivity contribution in [2.24, 2.45) is 4.99 Å². The molecule has 1 atom stereocenters. The van der Waals surface area contributed by atoms with E-state index in [1.165, 1.54) is 18.4 Å². The highest BCUT2D eigenvalue weighted by Crippen LogP contribution is 2.46. The second-order valence-corrected chi connectivity index (χ2v) is 8.41. The fourth-order valence-electron chi connectivity index (χ4n) is 5.04. The molecule has 2 aromatic rings. The van der Waals surface area contributed by atoms with Crippen molar-refractivity contribution in [3.05, 3.63) is 41.5 Å². The van der Waals surface area contributed by atoms with Crippen LogP contribution in [-0.2, 0) is 19.5 Å². The summed E-state index contributed by atoms with van der Waals surface area (Å²) in [4.78, 5) is 4.85. The number of aromatic nitrogens is 3. The van der Waals surface area contributed by atoms with E-state index in [1.807, 2.05) is 0 Å². The minimum absolute atomic E-state index is 0.0306. The van der Waals surface area contributed by atoms with E-state index in [0.29, 0.717) is 6.54 Å². The number of ether oxygens (including phenoxy) is 1. The first-order valence-electron chi connectivity index (χ1n) is 11.0. The highest BCUT2D eigenvalue weighted by molar-refractivity contribution is 5.80. The van der Waals surface area contributed by atoms with Crippen molar-refractivity contribution in [2.45, 2.75) is 76.6 Å². The van der Waals surface area contributed by atoms with Gasteiger partial charge in [0.05, 0.1) is 6.04 Å². The molecule has 29 heavy (non-hydrogen) atoms. The van der Waals surface area contributed by atoms with Gasteiger partial charge in [-0.2, -0.15) is 0 Å². The van der Waals surface area contributed by atoms with Crippen molar-refractivity contribution >= 4 is 5.96 Å². The monoisotopic (exact) mass is 394 g/mol. The Balaban J connectivity index is 1.38. The van der Waals surface area contributed by atoms with Gasteiger partial charge < -0.3 is 19.9 Å². The van der Waals surface area contributed by atoms with Gasteiger partial charge in [0.25, 0.3) is 0 Å². The summed E-state index contributed by atoms with van der Waals surface area (Å²) in [7, 11) is 0. The first-order valence-corrected chi connectivity index (χ1v) is 11.0. The van der Waals surface area contributed by atoms with Gasteiger partial charge in [-0.05, 0) is 45.1 Å². The predicted molar refractivity (Wildman–Crippen MR) is 112 cm³/mol. The third-order valence-electron chi connectivity index (χ3n) is 6.43. The molecule has 2 aliphatic heterocycles. The molecule has 0 radical (unpaired) electrons. The van der Waals surface area contributed by atoms with Crippen molar-refractivity contribution in [3.8, 4) is 5.75 Å². The molecule has 0 amide bonds. The number of benzene rings is 1. The van der Waals surface area contributed by atoms with Crippen molar-refractivity contribution in [3.63, 3.8) is 0 Å². The van der Waals surface area contributed by atoms with Crippen molar-refractivity contribution < 1.29 is 4.74 Å². The number of fused-ring (bicyclic) bond motifs is 2. The van der Waals surface area contributed by atoms with Gasteiger partial charge in [0, 0.05) is 31.5 Å². The maximum Gasteiger partial charge on any atom is 0.192 e. The number of guanidine groups is 1. The van der Waals surface area contributed by atoms with Gasteiger partial charge >= 0.3 is 0 Å². The standard InChI is InChI=1S/C22H30N6O/c1-2-23-21(24-15-20-27-26-19-10-7-13-28(19)20)25-17-14-22(11-5-6-12-22)29-18-9-4-3-8-16(17)18/h3-4,8-9,17H,2,5-7,10-15H2,1H3,(H2,23,24,25). The van der Waals surface area contributed by atoms with Crippen LogP contribution in [-0.4, -0.2) is 32.9 Å². The average molecular weight is 395 g/mol. The van der Waals surface area contributed by atoms with Gasteiger partial charge in [-0.15, -0.1) is 10.2 Å². The van der Waals surface area contributed by atoms with Crippen LogP contribution in [0.1, 0.15) is 68.7 Å². The lowest BCUT2D eigenvalue weighted by molar-refractivity contribution is 0.0396. The molecule has 1 aromatic carbocycles. The molecule has 154 valence electrons. The van der Waals surface area contributed by atoms with E-state index in [-0.39, 0.29) is 11.6 Å². The largest absolute Gasteiger partial charge is 0.487 e. The highest BCUT2D eigenvalue weighted by atomic mass is 16.5. The Morgan fingerprint density at radius 2 is 2.10 bits per heavy atom. The van der Waals surface area contributed by atoms with Crippen LogP contribution in [0.5, 0.6) is 5.75 Å². The molecule has 7 nitrogen and oxygen atoms in total. The number of aliphatic imine (C=N–C) groups is 1. The van der Waals surface area contributed by atoms with E-state index in [0.717, 1.165) is 68.6 Å². The quantitative estimate of drug-likeness (QED) is 0.616. The van der Waals surface area contributed by atoms with Crippen LogP contribution in [0, 0.1) is 0 Å². The van der Waals surface area contributed by atoms with E-state index in [4.69, 9.17) is 9.73 Å². The minimum atomic E-state index is -0.0306. The van der Waals surface area contributed by atoms with Gasteiger partial charge in [0.2, 0.25) is 0 Å². The molecule has 1 aromatic heterocycles. The van der Waals surface area contributed by atoms with E-state index in [2.05, 4.69) is 56.6 Å². The Morgan fingerprint density at radius 3 is 2.97 bits per heavy atom. The van der Waals surface area contributed by atoms with Crippen molar-refractivity contribution in [1.82, 2.24) is 25.4 Å². The molecule has 5 rings (SSSR count). The van der Waals surface area contributed by atoms with Gasteiger partial charge in [0.15, 0.2) is 11.8 Å². The van der Waals surface area contributed by atoms with Crippen molar-refractivity contribution in [1.29, 1.82) is 0 Å². The zero-order valence-electron chi connectivity index (χ0n) is 17.2. The molecule has 0 bridgehead atoms. The molecule has 1 fully saturated rings. The number of hydrogen-bond donors (Lipinski definition) is 2. The molecular formula is C22H30N6O. The number of aryl methyl sites for hydroxylation is 1. The van der Waals surface area contributed by atoms with Crippen LogP contribution in [0.3, 0.4) is 0 Å². The molecule has 1 aliphatic carbocycles. The Hall–Kier alpha value is -2.57. The Labute approximate surface area is 172 Å². The number of hydrogen-bond acceptors (Lipinski definition) is 4. The zero-order valence-corrected chi connectivity index (χ0v) is 17.2. The topological polar surface area (TPSA) is 76.4 Å². The van der Waals surface area contributed by atoms with Crippen LogP contribution in [0.2, 0.25) is 0 Å². The highest BCUT2D eigenvalue weighted by Gasteiger charge is 2.43. The van der Waals surface area contributed by atoms with E-state index in [9.17, 15) is 0 Å². The predicted octanol–water partition coefficient (Wildman–Crippen LogP) is 3.12. The van der Waals surface area contributed by atoms with Gasteiger partial charge in [-0.3, -0.25) is 0 Å². The lowest BCUT2D eigenvalue weighted by atomic mass is 9.86. The molecular weight excluding hydrogens is 364 g/mol. The van der Waals surface area contributed by atoms with E-state index in [1.54, 1.807) is 0 Å². The molecule has 1 unspecified atom stereocenters. The normalized spacial score (nSPS) is 22.2. The SMILES string of the molecule is CCNC(=NCc1nnc2n1CCC2)NC1CC2(CCCC2)Oc2ccccc21. The lowest BCUT2D eigenvalue weighted by Crippen LogP contribution is -2.46. The van der Waals surface area contributed by atoms with Crippen LogP contribution < -0.4 is 15.4 Å². The fourth-order valence-corrected chi connectivity index (χ4v) is 5.04. The fraction of sp³-hybridized carbons (Fsp3) is 0.591. The second-order valence-electron chi connectivity index (χ2n) is 8.41. The summed E-state index contributed by atoms with van der Waals surface area (Å²) in [5.74, 6) is 3.89. The summed E-state index contributed by atoms with van der Waals surface area (Å²) in [6.45, 7) is 4.47. The maximum absolute atomic E-state index is 6.50. The summed E-state index contributed by atoms with van der Waals surface area (Å²) < 4.78 is 8.71. The summed E-state index contributed by atoms with van der Waals surface area (Å²) in [6.07, 6.45) is 7.94. The summed E-state index contributed by atoms with van der Waals surface area (Å²) >= 11 is 0. The molecule has 3 aliphatic rings. The number of para-hydroxylation sites is 1. The smallest absolute Gasteiger partial charge is 0.192 e. The minimum Gasteiger partial charge on any atom is -0.487 e. The summed E-state index contributed by atoms with van der Waals surface area (Å²) in [5.41, 5.74) is 1.19. The summed E-state index contributed by atoms with van der Waals surface area (Å²) in [6, 6.07) is 8.62. The number of nitrogens with zero attached hydrogens (tertiary/aromatic N) is 4. The Kier molecular flexibility index (Phi) is 4.89. The first kappa shape index (κ1) is 18.5. The molecule has 3 heterocycles. The number of nitrogens with one attached hydrogen (secondary N) is 2. The van der Waals surface area contributed by atoms with Crippen LogP contribution >= 0.6 is 0 Å². The van der Waals surface area contributed by atoms with Gasteiger partial charge in [-0.1, -0.05) is 18.2 Å². The molecule has 0 saturated heterocycles. The molecule has 1 saturated carbocycles. The molecule has 2 N–H and O–H groups in total. The maximum atomic E-state index is 6.50. The molecule has 1 spiro atoms. The molecule has 7 heteroatoms. The summed E-state index contributed by atoms with van der Waals surface area (Å²) in [5, 5.41) is 15.7. The van der Waals surface area contributed by atoms with E-state index < -0.39 is 0 Å². The number of rotatable bonds is 4. The second kappa shape index (κ2) is 7.69. The van der Waals surface area contributed by atoms with Crippen LogP contribution in [0.25, 0.3) is 0 Å². The zero-order chi connectivity index (χ0) is 19.7. The Morgan fingerprint density at radius 1 is 1.24 bits per heavy atom. The third-order valence-corrected chi connectivity index (χ3v) is 6.43. The van der Waals surface area contributed by atoms with E-state index >= 15 is 0 Å².